The maximum Gasteiger partial charge on any atom is 0.311 e. The van der Waals surface area contributed by atoms with Crippen LogP contribution in [0.15, 0.2) is 0 Å². The Hall–Kier alpha value is -0.650. The van der Waals surface area contributed by atoms with Crippen molar-refractivity contribution in [2.24, 2.45) is 11.8 Å². The van der Waals surface area contributed by atoms with Crippen LogP contribution < -0.4 is 5.32 Å². The number of rotatable bonds is 4. The third kappa shape index (κ3) is 3.94. The topological polar surface area (TPSA) is 56.8 Å². The van der Waals surface area contributed by atoms with Crippen molar-refractivity contribution < 1.29 is 19.0 Å². The molecule has 5 heteroatoms. The summed E-state index contributed by atoms with van der Waals surface area (Å²) in [4.78, 5) is 12.0. The van der Waals surface area contributed by atoms with Gasteiger partial charge in [0.25, 0.3) is 0 Å². The first-order valence-corrected chi connectivity index (χ1v) is 5.88. The minimum Gasteiger partial charge on any atom is -0.460 e. The highest BCUT2D eigenvalue weighted by molar-refractivity contribution is 5.74. The van der Waals surface area contributed by atoms with Gasteiger partial charge in [0.2, 0.25) is 0 Å². The van der Waals surface area contributed by atoms with Crippen molar-refractivity contribution >= 4 is 5.97 Å². The molecule has 0 amide bonds. The molecule has 100 valence electrons. The molecular formula is C12H23NO4. The maximum atomic E-state index is 12.0. The van der Waals surface area contributed by atoms with E-state index in [1.807, 2.05) is 20.8 Å². The van der Waals surface area contributed by atoms with Gasteiger partial charge in [-0.3, -0.25) is 4.79 Å². The molecule has 1 rings (SSSR count). The molecule has 1 aliphatic heterocycles. The first kappa shape index (κ1) is 14.4. The molecule has 0 saturated carbocycles. The first-order valence-electron chi connectivity index (χ1n) is 5.88. The first-order chi connectivity index (χ1) is 7.89. The number of esters is 1. The number of carbonyl (C=O) groups excluding carboxylic acids is 1. The Morgan fingerprint density at radius 2 is 1.82 bits per heavy atom. The molecular weight excluding hydrogens is 222 g/mol. The van der Waals surface area contributed by atoms with Crippen LogP contribution in [0.3, 0.4) is 0 Å². The van der Waals surface area contributed by atoms with Crippen molar-refractivity contribution in [1.82, 2.24) is 5.32 Å². The fourth-order valence-electron chi connectivity index (χ4n) is 2.07. The molecule has 1 aliphatic rings. The predicted octanol–water partition coefficient (Wildman–Crippen LogP) is 0.783. The van der Waals surface area contributed by atoms with E-state index in [1.165, 1.54) is 0 Å². The minimum atomic E-state index is -0.458. The van der Waals surface area contributed by atoms with E-state index in [-0.39, 0.29) is 24.1 Å². The molecule has 0 aromatic rings. The van der Waals surface area contributed by atoms with Crippen molar-refractivity contribution in [3.05, 3.63) is 0 Å². The van der Waals surface area contributed by atoms with E-state index in [0.29, 0.717) is 13.1 Å². The quantitative estimate of drug-likeness (QED) is 0.586. The number of methoxy groups -OCH3 is 2. The van der Waals surface area contributed by atoms with Crippen molar-refractivity contribution in [3.63, 3.8) is 0 Å². The summed E-state index contributed by atoms with van der Waals surface area (Å²) in [5, 5.41) is 3.18. The molecule has 5 nitrogen and oxygen atoms in total. The molecule has 0 spiro atoms. The Bertz CT molecular complexity index is 258. The molecule has 2 atom stereocenters. The number of ether oxygens (including phenoxy) is 3. The number of carbonyl (C=O) groups is 1. The molecule has 0 aliphatic carbocycles. The van der Waals surface area contributed by atoms with Gasteiger partial charge < -0.3 is 19.5 Å². The molecule has 0 aromatic carbocycles. The third-order valence-corrected chi connectivity index (χ3v) is 2.78. The lowest BCUT2D eigenvalue weighted by Gasteiger charge is -2.27. The van der Waals surface area contributed by atoms with Crippen molar-refractivity contribution in [2.45, 2.75) is 32.7 Å². The van der Waals surface area contributed by atoms with Gasteiger partial charge in [-0.05, 0) is 20.8 Å². The van der Waals surface area contributed by atoms with Crippen molar-refractivity contribution in [2.75, 3.05) is 27.3 Å². The smallest absolute Gasteiger partial charge is 0.311 e. The van der Waals surface area contributed by atoms with Crippen molar-refractivity contribution in [3.8, 4) is 0 Å². The maximum absolute atomic E-state index is 12.0. The van der Waals surface area contributed by atoms with Crippen LogP contribution in [0.4, 0.5) is 0 Å². The lowest BCUT2D eigenvalue weighted by atomic mass is 9.95. The normalized spacial score (nSPS) is 25.3. The van der Waals surface area contributed by atoms with E-state index < -0.39 is 5.60 Å². The van der Waals surface area contributed by atoms with E-state index in [0.717, 1.165) is 0 Å². The van der Waals surface area contributed by atoms with Crippen LogP contribution in [0.5, 0.6) is 0 Å². The zero-order chi connectivity index (χ0) is 13.1. The Labute approximate surface area is 103 Å². The summed E-state index contributed by atoms with van der Waals surface area (Å²) in [6.45, 7) is 6.92. The van der Waals surface area contributed by atoms with Gasteiger partial charge in [0.1, 0.15) is 5.60 Å². The Morgan fingerprint density at radius 3 is 2.29 bits per heavy atom. The van der Waals surface area contributed by atoms with Crippen LogP contribution in [0.1, 0.15) is 20.8 Å². The van der Waals surface area contributed by atoms with Crippen LogP contribution >= 0.6 is 0 Å². The largest absolute Gasteiger partial charge is 0.460 e. The standard InChI is InChI=1S/C12H23NO4/c1-12(2,3)17-10(14)8-6-13-7-9(8)11(15-4)16-5/h8-9,11,13H,6-7H2,1-5H3/t8-,9-/m1/s1. The number of hydrogen-bond donors (Lipinski definition) is 1. The highest BCUT2D eigenvalue weighted by atomic mass is 16.7. The second-order valence-corrected chi connectivity index (χ2v) is 5.30. The molecule has 1 saturated heterocycles. The van der Waals surface area contributed by atoms with Gasteiger partial charge in [0.05, 0.1) is 5.92 Å². The van der Waals surface area contributed by atoms with Crippen LogP contribution in [0.25, 0.3) is 0 Å². The van der Waals surface area contributed by atoms with E-state index in [4.69, 9.17) is 14.2 Å². The van der Waals surface area contributed by atoms with Gasteiger partial charge >= 0.3 is 5.97 Å². The van der Waals surface area contributed by atoms with E-state index in [2.05, 4.69) is 5.32 Å². The molecule has 0 aromatic heterocycles. The lowest BCUT2D eigenvalue weighted by Crippen LogP contribution is -2.37. The van der Waals surface area contributed by atoms with E-state index >= 15 is 0 Å². The highest BCUT2D eigenvalue weighted by Crippen LogP contribution is 2.25. The molecule has 0 bridgehead atoms. The summed E-state index contributed by atoms with van der Waals surface area (Å²) < 4.78 is 15.8. The number of nitrogens with one attached hydrogen (secondary N) is 1. The summed E-state index contributed by atoms with van der Waals surface area (Å²) >= 11 is 0. The van der Waals surface area contributed by atoms with Crippen molar-refractivity contribution in [1.29, 1.82) is 0 Å². The van der Waals surface area contributed by atoms with Crippen LogP contribution in [-0.2, 0) is 19.0 Å². The average molecular weight is 245 g/mol. The highest BCUT2D eigenvalue weighted by Gasteiger charge is 2.40. The van der Waals surface area contributed by atoms with Crippen LogP contribution in [0, 0.1) is 11.8 Å². The van der Waals surface area contributed by atoms with Gasteiger partial charge in [-0.2, -0.15) is 0 Å². The fourth-order valence-corrected chi connectivity index (χ4v) is 2.07. The zero-order valence-corrected chi connectivity index (χ0v) is 11.3. The summed E-state index contributed by atoms with van der Waals surface area (Å²) in [7, 11) is 3.16. The Kier molecular flexibility index (Phi) is 4.91. The van der Waals surface area contributed by atoms with Gasteiger partial charge in [0.15, 0.2) is 6.29 Å². The molecule has 1 heterocycles. The van der Waals surface area contributed by atoms with Gasteiger partial charge in [-0.1, -0.05) is 0 Å². The van der Waals surface area contributed by atoms with E-state index in [9.17, 15) is 4.79 Å². The lowest BCUT2D eigenvalue weighted by molar-refractivity contribution is -0.174. The van der Waals surface area contributed by atoms with Gasteiger partial charge in [0, 0.05) is 33.2 Å². The van der Waals surface area contributed by atoms with E-state index in [1.54, 1.807) is 14.2 Å². The average Bonchev–Trinajstić information content (AvgIpc) is 2.66. The predicted molar refractivity (Wildman–Crippen MR) is 63.5 cm³/mol. The molecule has 1 fully saturated rings. The molecule has 0 radical (unpaired) electrons. The fraction of sp³-hybridized carbons (Fsp3) is 0.917. The van der Waals surface area contributed by atoms with Crippen LogP contribution in [0.2, 0.25) is 0 Å². The summed E-state index contributed by atoms with van der Waals surface area (Å²) in [6.07, 6.45) is -0.373. The SMILES string of the molecule is COC(OC)[C@@H]1CNC[C@H]1C(=O)OC(C)(C)C. The third-order valence-electron chi connectivity index (χ3n) is 2.78. The molecule has 1 N–H and O–H groups in total. The second kappa shape index (κ2) is 5.80. The molecule has 17 heavy (non-hydrogen) atoms. The zero-order valence-electron chi connectivity index (χ0n) is 11.3. The summed E-state index contributed by atoms with van der Waals surface area (Å²) in [5.74, 6) is -0.398. The van der Waals surface area contributed by atoms with Crippen LogP contribution in [-0.4, -0.2) is 45.2 Å². The monoisotopic (exact) mass is 245 g/mol. The number of hydrogen-bond acceptors (Lipinski definition) is 5. The van der Waals surface area contributed by atoms with Gasteiger partial charge in [-0.25, -0.2) is 0 Å². The minimum absolute atomic E-state index is 0.000139. The molecule has 0 unspecified atom stereocenters. The Balaban J connectivity index is 2.65. The van der Waals surface area contributed by atoms with Gasteiger partial charge in [-0.15, -0.1) is 0 Å². The summed E-state index contributed by atoms with van der Waals surface area (Å²) in [5.41, 5.74) is -0.458. The Morgan fingerprint density at radius 1 is 1.24 bits per heavy atom. The summed E-state index contributed by atoms with van der Waals surface area (Å²) in [6, 6.07) is 0. The second-order valence-electron chi connectivity index (χ2n) is 5.30.